The number of benzene rings is 2. The van der Waals surface area contributed by atoms with Gasteiger partial charge in [-0.15, -0.1) is 0 Å². The van der Waals surface area contributed by atoms with E-state index < -0.39 is 0 Å². The summed E-state index contributed by atoms with van der Waals surface area (Å²) < 4.78 is 5.32. The number of hydrazone groups is 1. The van der Waals surface area contributed by atoms with Crippen LogP contribution in [0.3, 0.4) is 0 Å². The normalized spacial score (nSPS) is 10.7. The molecule has 138 valence electrons. The molecule has 0 aliphatic carbocycles. The predicted octanol–water partition coefficient (Wildman–Crippen LogP) is 3.40. The number of hydrogen-bond acceptors (Lipinski definition) is 5. The van der Waals surface area contributed by atoms with Gasteiger partial charge in [-0.25, -0.2) is 5.43 Å². The molecule has 0 aromatic heterocycles. The maximum absolute atomic E-state index is 12.2. The third kappa shape index (κ3) is 4.75. The molecule has 2 N–H and O–H groups in total. The molecule has 26 heavy (non-hydrogen) atoms. The van der Waals surface area contributed by atoms with Gasteiger partial charge in [0.15, 0.2) is 11.5 Å². The van der Waals surface area contributed by atoms with E-state index in [2.05, 4.69) is 29.3 Å². The maximum atomic E-state index is 12.2. The van der Waals surface area contributed by atoms with E-state index in [4.69, 9.17) is 4.74 Å². The summed E-state index contributed by atoms with van der Waals surface area (Å²) in [4.78, 5) is 14.4. The highest BCUT2D eigenvalue weighted by Gasteiger charge is 2.08. The Morgan fingerprint density at radius 3 is 2.46 bits per heavy atom. The monoisotopic (exact) mass is 355 g/mol. The molecule has 0 atom stereocenters. The number of anilines is 1. The van der Waals surface area contributed by atoms with Crippen LogP contribution in [0.4, 0.5) is 5.69 Å². The molecule has 2 rings (SSSR count). The summed E-state index contributed by atoms with van der Waals surface area (Å²) in [6, 6.07) is 12.5. The van der Waals surface area contributed by atoms with Crippen molar-refractivity contribution in [3.63, 3.8) is 0 Å². The maximum Gasteiger partial charge on any atom is 0.271 e. The van der Waals surface area contributed by atoms with Crippen molar-refractivity contribution in [1.82, 2.24) is 5.43 Å². The first kappa shape index (κ1) is 19.3. The number of para-hydroxylation sites is 1. The van der Waals surface area contributed by atoms with Gasteiger partial charge in [-0.3, -0.25) is 4.79 Å². The van der Waals surface area contributed by atoms with Gasteiger partial charge in [0.25, 0.3) is 5.91 Å². The lowest BCUT2D eigenvalue weighted by atomic mass is 10.2. The Hall–Kier alpha value is -3.02. The number of amides is 1. The predicted molar refractivity (Wildman–Crippen MR) is 104 cm³/mol. The summed E-state index contributed by atoms with van der Waals surface area (Å²) in [6.45, 7) is 8.30. The summed E-state index contributed by atoms with van der Waals surface area (Å²) in [5.41, 5.74) is 4.53. The molecule has 0 aliphatic heterocycles. The second-order valence-electron chi connectivity index (χ2n) is 5.55. The molecule has 0 unspecified atom stereocenters. The highest BCUT2D eigenvalue weighted by atomic mass is 16.5. The van der Waals surface area contributed by atoms with Gasteiger partial charge in [0.05, 0.1) is 12.8 Å². The third-order valence-corrected chi connectivity index (χ3v) is 3.96. The lowest BCUT2D eigenvalue weighted by molar-refractivity contribution is 0.0955. The zero-order chi connectivity index (χ0) is 18.9. The Labute approximate surface area is 154 Å². The van der Waals surface area contributed by atoms with Gasteiger partial charge in [-0.05, 0) is 57.2 Å². The molecule has 0 radical (unpaired) electrons. The fourth-order valence-electron chi connectivity index (χ4n) is 2.55. The molecule has 0 saturated heterocycles. The van der Waals surface area contributed by atoms with Gasteiger partial charge >= 0.3 is 0 Å². The average molecular weight is 355 g/mol. The van der Waals surface area contributed by atoms with Gasteiger partial charge < -0.3 is 14.7 Å². The number of carbonyl (C=O) groups excluding carboxylic acids is 1. The van der Waals surface area contributed by atoms with E-state index in [1.54, 1.807) is 30.3 Å². The molecule has 0 spiro atoms. The van der Waals surface area contributed by atoms with Crippen molar-refractivity contribution in [2.45, 2.75) is 20.8 Å². The average Bonchev–Trinajstić information content (AvgIpc) is 2.66. The van der Waals surface area contributed by atoms with Crippen LogP contribution in [0, 0.1) is 0 Å². The van der Waals surface area contributed by atoms with Crippen LogP contribution in [0.5, 0.6) is 11.5 Å². The number of phenolic OH excluding ortho intramolecular Hbond substituents is 1. The summed E-state index contributed by atoms with van der Waals surface area (Å²) in [7, 11) is 0. The molecule has 6 heteroatoms. The molecule has 6 nitrogen and oxygen atoms in total. The van der Waals surface area contributed by atoms with Crippen LogP contribution in [0.1, 0.15) is 36.7 Å². The number of phenols is 1. The van der Waals surface area contributed by atoms with Crippen molar-refractivity contribution in [2.75, 3.05) is 24.6 Å². The molecular weight excluding hydrogens is 330 g/mol. The summed E-state index contributed by atoms with van der Waals surface area (Å²) in [5.74, 6) is 0.0680. The SMILES string of the molecule is CCOc1cccc(/C=N/NC(=O)c2ccc(N(CC)CC)cc2)c1O. The fourth-order valence-corrected chi connectivity index (χ4v) is 2.55. The first-order chi connectivity index (χ1) is 12.6. The van der Waals surface area contributed by atoms with Crippen molar-refractivity contribution >= 4 is 17.8 Å². The number of ether oxygens (including phenoxy) is 1. The Balaban J connectivity index is 2.02. The lowest BCUT2D eigenvalue weighted by Gasteiger charge is -2.20. The van der Waals surface area contributed by atoms with Gasteiger partial charge in [-0.1, -0.05) is 6.07 Å². The van der Waals surface area contributed by atoms with Crippen LogP contribution < -0.4 is 15.1 Å². The number of rotatable bonds is 8. The largest absolute Gasteiger partial charge is 0.504 e. The summed E-state index contributed by atoms with van der Waals surface area (Å²) >= 11 is 0. The quantitative estimate of drug-likeness (QED) is 0.562. The molecule has 0 fully saturated rings. The molecular formula is C20H25N3O3. The lowest BCUT2D eigenvalue weighted by Crippen LogP contribution is -2.22. The molecule has 2 aromatic carbocycles. The Kier molecular flexibility index (Phi) is 7.02. The van der Waals surface area contributed by atoms with Crippen molar-refractivity contribution in [3.05, 3.63) is 53.6 Å². The van der Waals surface area contributed by atoms with Crippen LogP contribution in [0.15, 0.2) is 47.6 Å². The number of nitrogens with one attached hydrogen (secondary N) is 1. The van der Waals surface area contributed by atoms with Crippen molar-refractivity contribution < 1.29 is 14.6 Å². The Morgan fingerprint density at radius 1 is 1.15 bits per heavy atom. The zero-order valence-electron chi connectivity index (χ0n) is 15.4. The fraction of sp³-hybridized carbons (Fsp3) is 0.300. The van der Waals surface area contributed by atoms with Gasteiger partial charge in [0, 0.05) is 29.9 Å². The van der Waals surface area contributed by atoms with E-state index in [9.17, 15) is 9.90 Å². The second kappa shape index (κ2) is 9.46. The minimum atomic E-state index is -0.312. The van der Waals surface area contributed by atoms with Crippen LogP contribution in [0.2, 0.25) is 0 Å². The second-order valence-corrected chi connectivity index (χ2v) is 5.55. The van der Waals surface area contributed by atoms with Gasteiger partial charge in [0.2, 0.25) is 0 Å². The third-order valence-electron chi connectivity index (χ3n) is 3.96. The first-order valence-electron chi connectivity index (χ1n) is 8.73. The van der Waals surface area contributed by atoms with E-state index in [1.165, 1.54) is 6.21 Å². The number of nitrogens with zero attached hydrogens (tertiary/aromatic N) is 2. The Morgan fingerprint density at radius 2 is 1.85 bits per heavy atom. The van der Waals surface area contributed by atoms with Crippen LogP contribution in [-0.4, -0.2) is 36.9 Å². The smallest absolute Gasteiger partial charge is 0.271 e. The van der Waals surface area contributed by atoms with Crippen LogP contribution >= 0.6 is 0 Å². The minimum Gasteiger partial charge on any atom is -0.504 e. The van der Waals surface area contributed by atoms with Crippen molar-refractivity contribution in [1.29, 1.82) is 0 Å². The molecule has 1 amide bonds. The number of carbonyl (C=O) groups is 1. The van der Waals surface area contributed by atoms with E-state index in [0.717, 1.165) is 18.8 Å². The van der Waals surface area contributed by atoms with Crippen molar-refractivity contribution in [2.24, 2.45) is 5.10 Å². The molecule has 0 heterocycles. The molecule has 2 aromatic rings. The first-order valence-corrected chi connectivity index (χ1v) is 8.73. The van der Waals surface area contributed by atoms with E-state index >= 15 is 0 Å². The molecule has 0 bridgehead atoms. The minimum absolute atomic E-state index is 0.00377. The van der Waals surface area contributed by atoms with Crippen LogP contribution in [-0.2, 0) is 0 Å². The summed E-state index contributed by atoms with van der Waals surface area (Å²) in [5, 5.41) is 14.0. The highest BCUT2D eigenvalue weighted by Crippen LogP contribution is 2.28. The molecule has 0 saturated carbocycles. The topological polar surface area (TPSA) is 74.2 Å². The van der Waals surface area contributed by atoms with E-state index in [0.29, 0.717) is 23.5 Å². The van der Waals surface area contributed by atoms with E-state index in [1.807, 2.05) is 19.1 Å². The highest BCUT2D eigenvalue weighted by molar-refractivity contribution is 5.95. The number of aromatic hydroxyl groups is 1. The van der Waals surface area contributed by atoms with Crippen LogP contribution in [0.25, 0.3) is 0 Å². The van der Waals surface area contributed by atoms with E-state index in [-0.39, 0.29) is 11.7 Å². The zero-order valence-corrected chi connectivity index (χ0v) is 15.4. The Bertz CT molecular complexity index is 753. The number of hydrogen-bond donors (Lipinski definition) is 2. The van der Waals surface area contributed by atoms with Crippen molar-refractivity contribution in [3.8, 4) is 11.5 Å². The van der Waals surface area contributed by atoms with Gasteiger partial charge in [0.1, 0.15) is 0 Å². The standard InChI is InChI=1S/C20H25N3O3/c1-4-23(5-2)17-12-10-15(11-13-17)20(25)22-21-14-16-8-7-9-18(19(16)24)26-6-3/h7-14,24H,4-6H2,1-3H3,(H,22,25)/b21-14+. The van der Waals surface area contributed by atoms with Gasteiger partial charge in [-0.2, -0.15) is 5.10 Å². The summed E-state index contributed by atoms with van der Waals surface area (Å²) in [6.07, 6.45) is 1.39. The molecule has 0 aliphatic rings.